The molecule has 0 aliphatic carbocycles. The Morgan fingerprint density at radius 1 is 0.294 bits per heavy atom. The van der Waals surface area contributed by atoms with Gasteiger partial charge in [-0.1, -0.05) is 200 Å². The Bertz CT molecular complexity index is 3880. The molecule has 0 bridgehead atoms. The van der Waals surface area contributed by atoms with Crippen LogP contribution >= 0.6 is 11.3 Å². The summed E-state index contributed by atoms with van der Waals surface area (Å²) in [6.07, 6.45) is 0. The maximum atomic E-state index is 5.40. The van der Waals surface area contributed by atoms with Crippen LogP contribution in [0.25, 0.3) is 126 Å². The third-order valence-electron chi connectivity index (χ3n) is 13.1. The average molecular weight is 885 g/mol. The molecule has 5 heteroatoms. The van der Waals surface area contributed by atoms with Crippen LogP contribution in [0.4, 0.5) is 0 Å². The fourth-order valence-corrected chi connectivity index (χ4v) is 11.1. The third kappa shape index (κ3) is 6.79. The Balaban J connectivity index is 1.11. The normalized spacial score (nSPS) is 11.5. The van der Waals surface area contributed by atoms with Gasteiger partial charge in [-0.3, -0.25) is 0 Å². The molecule has 0 unspecified atom stereocenters. The molecule has 0 radical (unpaired) electrons. The van der Waals surface area contributed by atoms with Crippen LogP contribution in [-0.2, 0) is 0 Å². The van der Waals surface area contributed by atoms with Crippen LogP contribution in [0.5, 0.6) is 0 Å². The van der Waals surface area contributed by atoms with E-state index in [1.165, 1.54) is 42.0 Å². The summed E-state index contributed by atoms with van der Waals surface area (Å²) in [5.74, 6) is 1.85. The smallest absolute Gasteiger partial charge is 0.164 e. The van der Waals surface area contributed by atoms with E-state index in [4.69, 9.17) is 15.0 Å². The first kappa shape index (κ1) is 39.6. The van der Waals surface area contributed by atoms with Crippen molar-refractivity contribution in [3.63, 3.8) is 0 Å². The molecule has 318 valence electrons. The Kier molecular flexibility index (Phi) is 9.66. The second-order valence-corrected chi connectivity index (χ2v) is 18.2. The minimum Gasteiger partial charge on any atom is -0.309 e. The summed E-state index contributed by atoms with van der Waals surface area (Å²) in [5.41, 5.74) is 15.3. The molecule has 0 atom stereocenters. The van der Waals surface area contributed by atoms with Gasteiger partial charge in [0.1, 0.15) is 0 Å². The van der Waals surface area contributed by atoms with Gasteiger partial charge in [0.2, 0.25) is 0 Å². The number of benzene rings is 10. The minimum atomic E-state index is 0.609. The Hall–Kier alpha value is -8.77. The van der Waals surface area contributed by atoms with E-state index in [0.29, 0.717) is 17.5 Å². The molecule has 68 heavy (non-hydrogen) atoms. The van der Waals surface area contributed by atoms with Gasteiger partial charge in [0, 0.05) is 53.3 Å². The van der Waals surface area contributed by atoms with Crippen molar-refractivity contribution in [1.29, 1.82) is 0 Å². The Morgan fingerprint density at radius 2 is 0.824 bits per heavy atom. The van der Waals surface area contributed by atoms with Crippen molar-refractivity contribution in [2.75, 3.05) is 0 Å². The molecule has 4 nitrogen and oxygen atoms in total. The number of hydrogen-bond donors (Lipinski definition) is 0. The lowest BCUT2D eigenvalue weighted by molar-refractivity contribution is 1.07. The van der Waals surface area contributed by atoms with Crippen molar-refractivity contribution in [3.8, 4) is 84.4 Å². The molecular formula is C63H40N4S. The summed E-state index contributed by atoms with van der Waals surface area (Å²) in [4.78, 5) is 15.9. The fourth-order valence-electron chi connectivity index (χ4n) is 10.00. The molecule has 3 aromatic heterocycles. The highest BCUT2D eigenvalue weighted by atomic mass is 32.1. The summed E-state index contributed by atoms with van der Waals surface area (Å²) in [5, 5.41) is 4.90. The van der Waals surface area contributed by atoms with E-state index in [1.54, 1.807) is 0 Å². The molecule has 0 saturated carbocycles. The van der Waals surface area contributed by atoms with Crippen molar-refractivity contribution in [2.45, 2.75) is 0 Å². The number of para-hydroxylation sites is 2. The number of nitrogens with zero attached hydrogens (tertiary/aromatic N) is 4. The van der Waals surface area contributed by atoms with E-state index in [0.717, 1.165) is 66.9 Å². The third-order valence-corrected chi connectivity index (χ3v) is 14.2. The maximum absolute atomic E-state index is 5.40. The SMILES string of the molecule is c1ccc(-c2nc(-c3ccccc3)nc(-c3cc(-c4c(-c5ccccc5)cccc4-c4ccccc4)ccc3-c3cccc4sc5cc6c(cc5c34)c3ccccc3n6-c3ccccc3)n2)cc1. The molecule has 13 aromatic rings. The summed E-state index contributed by atoms with van der Waals surface area (Å²) in [6, 6.07) is 86.5. The van der Waals surface area contributed by atoms with E-state index in [2.05, 4.69) is 211 Å². The van der Waals surface area contributed by atoms with Crippen molar-refractivity contribution in [1.82, 2.24) is 19.5 Å². The van der Waals surface area contributed by atoms with Gasteiger partial charge in [0.05, 0.1) is 11.0 Å². The summed E-state index contributed by atoms with van der Waals surface area (Å²) in [6.45, 7) is 0. The average Bonchev–Trinajstić information content (AvgIpc) is 3.95. The second-order valence-electron chi connectivity index (χ2n) is 17.1. The topological polar surface area (TPSA) is 43.6 Å². The Morgan fingerprint density at radius 3 is 1.46 bits per heavy atom. The molecule has 0 N–H and O–H groups in total. The molecule has 13 rings (SSSR count). The van der Waals surface area contributed by atoms with Gasteiger partial charge in [-0.25, -0.2) is 15.0 Å². The van der Waals surface area contributed by atoms with Crippen molar-refractivity contribution in [3.05, 3.63) is 243 Å². The largest absolute Gasteiger partial charge is 0.309 e. The molecule has 0 aliphatic heterocycles. The predicted octanol–water partition coefficient (Wildman–Crippen LogP) is 17.0. The van der Waals surface area contributed by atoms with E-state index in [-0.39, 0.29) is 0 Å². The molecule has 0 amide bonds. The highest BCUT2D eigenvalue weighted by Gasteiger charge is 2.23. The number of rotatable bonds is 8. The van der Waals surface area contributed by atoms with Gasteiger partial charge >= 0.3 is 0 Å². The van der Waals surface area contributed by atoms with Crippen molar-refractivity contribution < 1.29 is 0 Å². The molecule has 3 heterocycles. The number of hydrogen-bond acceptors (Lipinski definition) is 4. The molecule has 0 saturated heterocycles. The summed E-state index contributed by atoms with van der Waals surface area (Å²) >= 11 is 1.84. The lowest BCUT2D eigenvalue weighted by Crippen LogP contribution is -2.01. The predicted molar refractivity (Wildman–Crippen MR) is 285 cm³/mol. The molecule has 0 fully saturated rings. The number of fused-ring (bicyclic) bond motifs is 6. The first-order chi connectivity index (χ1) is 33.7. The lowest BCUT2D eigenvalue weighted by Gasteiger charge is -2.19. The van der Waals surface area contributed by atoms with Gasteiger partial charge < -0.3 is 4.57 Å². The van der Waals surface area contributed by atoms with E-state index < -0.39 is 0 Å². The van der Waals surface area contributed by atoms with Crippen LogP contribution in [0.2, 0.25) is 0 Å². The summed E-state index contributed by atoms with van der Waals surface area (Å²) < 4.78 is 4.86. The van der Waals surface area contributed by atoms with Crippen LogP contribution in [0.1, 0.15) is 0 Å². The van der Waals surface area contributed by atoms with E-state index in [1.807, 2.05) is 47.7 Å². The first-order valence-corrected chi connectivity index (χ1v) is 23.7. The second kappa shape index (κ2) is 16.6. The zero-order valence-electron chi connectivity index (χ0n) is 36.8. The van der Waals surface area contributed by atoms with Crippen LogP contribution in [0.3, 0.4) is 0 Å². The maximum Gasteiger partial charge on any atom is 0.164 e. The Labute approximate surface area is 397 Å². The van der Waals surface area contributed by atoms with E-state index >= 15 is 0 Å². The highest BCUT2D eigenvalue weighted by molar-refractivity contribution is 7.26. The van der Waals surface area contributed by atoms with Gasteiger partial charge in [0.25, 0.3) is 0 Å². The minimum absolute atomic E-state index is 0.609. The quantitative estimate of drug-likeness (QED) is 0.153. The molecule has 10 aromatic carbocycles. The molecular weight excluding hydrogens is 845 g/mol. The van der Waals surface area contributed by atoms with E-state index in [9.17, 15) is 0 Å². The standard InChI is InChI=1S/C63H40N4S/c1-6-20-41(21-7-1)47-31-18-32-48(42-22-8-2-9-23-42)59(47)45-36-37-49(53(38-45)63-65-61(43-24-10-3-11-25-43)64-62(66-63)44-26-12-4-13-27-44)51-33-19-35-57-60(51)54-39-52-50-30-16-17-34-55(50)67(46-28-14-5-15-29-46)56(52)40-58(54)68-57/h1-40H. The molecule has 0 aliphatic rings. The van der Waals surface area contributed by atoms with Gasteiger partial charge in [-0.05, 0) is 87.0 Å². The number of aromatic nitrogens is 4. The van der Waals surface area contributed by atoms with Crippen LogP contribution in [0.15, 0.2) is 243 Å². The fraction of sp³-hybridized carbons (Fsp3) is 0. The highest BCUT2D eigenvalue weighted by Crippen LogP contribution is 2.48. The zero-order chi connectivity index (χ0) is 45.0. The van der Waals surface area contributed by atoms with Gasteiger partial charge in [-0.2, -0.15) is 0 Å². The number of thiophene rings is 1. The van der Waals surface area contributed by atoms with Crippen molar-refractivity contribution in [2.24, 2.45) is 0 Å². The van der Waals surface area contributed by atoms with Crippen LogP contribution in [-0.4, -0.2) is 19.5 Å². The zero-order valence-corrected chi connectivity index (χ0v) is 37.6. The van der Waals surface area contributed by atoms with Crippen molar-refractivity contribution >= 4 is 53.3 Å². The van der Waals surface area contributed by atoms with Crippen LogP contribution in [0, 0.1) is 0 Å². The van der Waals surface area contributed by atoms with Crippen LogP contribution < -0.4 is 0 Å². The first-order valence-electron chi connectivity index (χ1n) is 22.9. The summed E-state index contributed by atoms with van der Waals surface area (Å²) in [7, 11) is 0. The monoisotopic (exact) mass is 884 g/mol. The molecule has 0 spiro atoms. The van der Waals surface area contributed by atoms with Gasteiger partial charge in [0.15, 0.2) is 17.5 Å². The lowest BCUT2D eigenvalue weighted by atomic mass is 9.85. The van der Waals surface area contributed by atoms with Gasteiger partial charge in [-0.15, -0.1) is 11.3 Å².